The van der Waals surface area contributed by atoms with Crippen LogP contribution < -0.4 is 5.32 Å². The number of carbonyl (C=O) groups excluding carboxylic acids is 1. The monoisotopic (exact) mass is 208 g/mol. The van der Waals surface area contributed by atoms with Gasteiger partial charge in [-0.3, -0.25) is 4.79 Å². The van der Waals surface area contributed by atoms with Crippen LogP contribution in [0, 0.1) is 16.7 Å². The maximum Gasteiger partial charge on any atom is 0.239 e. The molecule has 0 aromatic heterocycles. The van der Waals surface area contributed by atoms with Crippen LogP contribution in [0.25, 0.3) is 0 Å². The number of hydrogen-bond donors (Lipinski definition) is 1. The maximum atomic E-state index is 11.1. The van der Waals surface area contributed by atoms with Gasteiger partial charge in [0.1, 0.15) is 10.3 Å². The van der Waals surface area contributed by atoms with E-state index in [0.29, 0.717) is 0 Å². The van der Waals surface area contributed by atoms with Gasteiger partial charge in [0.2, 0.25) is 5.91 Å². The van der Waals surface area contributed by atoms with Crippen molar-refractivity contribution in [2.24, 2.45) is 5.41 Å². The first-order chi connectivity index (χ1) is 5.40. The van der Waals surface area contributed by atoms with E-state index in [4.69, 9.17) is 28.5 Å². The lowest BCUT2D eigenvalue weighted by Gasteiger charge is -2.14. The van der Waals surface area contributed by atoms with Gasteiger partial charge in [-0.2, -0.15) is 5.26 Å². The van der Waals surface area contributed by atoms with Crippen molar-refractivity contribution in [3.05, 3.63) is 0 Å². The van der Waals surface area contributed by atoms with Gasteiger partial charge in [0, 0.05) is 6.54 Å². The number of amides is 1. The fourth-order valence-corrected chi connectivity index (χ4v) is 0.596. The van der Waals surface area contributed by atoms with Gasteiger partial charge >= 0.3 is 0 Å². The van der Waals surface area contributed by atoms with Crippen molar-refractivity contribution in [3.63, 3.8) is 0 Å². The Kier molecular flexibility index (Phi) is 4.36. The van der Waals surface area contributed by atoms with Crippen LogP contribution >= 0.6 is 23.2 Å². The summed E-state index contributed by atoms with van der Waals surface area (Å²) in [5.41, 5.74) is -1.03. The van der Waals surface area contributed by atoms with Gasteiger partial charge in [-0.05, 0) is 13.8 Å². The minimum atomic E-state index is -1.03. The molecular formula is C7H10Cl2N2O. The Balaban J connectivity index is 3.99. The molecule has 0 bridgehead atoms. The minimum Gasteiger partial charge on any atom is -0.352 e. The van der Waals surface area contributed by atoms with E-state index in [-0.39, 0.29) is 12.5 Å². The molecule has 0 aliphatic rings. The Bertz CT molecular complexity index is 208. The van der Waals surface area contributed by atoms with E-state index < -0.39 is 10.3 Å². The molecule has 0 saturated carbocycles. The Hall–Kier alpha value is -0.460. The first kappa shape index (κ1) is 11.5. The van der Waals surface area contributed by atoms with Gasteiger partial charge in [0.25, 0.3) is 0 Å². The number of nitriles is 1. The molecule has 0 aromatic carbocycles. The summed E-state index contributed by atoms with van der Waals surface area (Å²) < 4.78 is 0. The molecule has 1 N–H and O–H groups in total. The fraction of sp³-hybridized carbons (Fsp3) is 0.714. The van der Waals surface area contributed by atoms with Crippen molar-refractivity contribution < 1.29 is 4.79 Å². The molecule has 0 aliphatic heterocycles. The molecule has 0 aromatic rings. The third-order valence-electron chi connectivity index (χ3n) is 1.26. The molecule has 0 atom stereocenters. The van der Waals surface area contributed by atoms with Crippen LogP contribution in [0.4, 0.5) is 0 Å². The minimum absolute atomic E-state index is 0.160. The van der Waals surface area contributed by atoms with Crippen LogP contribution in [0.2, 0.25) is 0 Å². The largest absolute Gasteiger partial charge is 0.352 e. The number of halogens is 2. The predicted molar refractivity (Wildman–Crippen MR) is 47.9 cm³/mol. The number of nitrogens with one attached hydrogen (secondary N) is 1. The van der Waals surface area contributed by atoms with Crippen LogP contribution in [-0.2, 0) is 4.79 Å². The van der Waals surface area contributed by atoms with Crippen LogP contribution in [0.3, 0.4) is 0 Å². The Morgan fingerprint density at radius 3 is 2.50 bits per heavy atom. The zero-order valence-electron chi connectivity index (χ0n) is 6.90. The molecule has 0 saturated heterocycles. The molecule has 1 amide bonds. The summed E-state index contributed by atoms with van der Waals surface area (Å²) in [4.78, 5) is 10.5. The van der Waals surface area contributed by atoms with Crippen molar-refractivity contribution in [2.45, 2.75) is 18.7 Å². The quantitative estimate of drug-likeness (QED) is 0.715. The summed E-state index contributed by atoms with van der Waals surface area (Å²) in [5, 5.41) is 11.0. The molecule has 3 nitrogen and oxygen atoms in total. The van der Waals surface area contributed by atoms with E-state index in [1.165, 1.54) is 13.8 Å². The molecule has 0 spiro atoms. The maximum absolute atomic E-state index is 11.1. The molecule has 0 radical (unpaired) electrons. The van der Waals surface area contributed by atoms with Gasteiger partial charge < -0.3 is 5.32 Å². The lowest BCUT2D eigenvalue weighted by Crippen LogP contribution is -2.38. The highest BCUT2D eigenvalue weighted by molar-refractivity contribution is 6.44. The van der Waals surface area contributed by atoms with E-state index in [0.717, 1.165) is 0 Å². The number of hydrogen-bond acceptors (Lipinski definition) is 2. The van der Waals surface area contributed by atoms with E-state index >= 15 is 0 Å². The average Bonchev–Trinajstić information content (AvgIpc) is 2.00. The molecule has 0 heterocycles. The van der Waals surface area contributed by atoms with Crippen LogP contribution in [0.15, 0.2) is 0 Å². The molecule has 12 heavy (non-hydrogen) atoms. The molecule has 0 rings (SSSR count). The van der Waals surface area contributed by atoms with Gasteiger partial charge in [-0.25, -0.2) is 0 Å². The van der Waals surface area contributed by atoms with Crippen molar-refractivity contribution in [3.8, 4) is 6.07 Å². The zero-order chi connectivity index (χ0) is 9.78. The molecule has 0 aliphatic carbocycles. The number of alkyl halides is 2. The van der Waals surface area contributed by atoms with E-state index in [1.807, 2.05) is 6.07 Å². The Labute approximate surface area is 81.6 Å². The van der Waals surface area contributed by atoms with Crippen LogP contribution in [0.5, 0.6) is 0 Å². The van der Waals surface area contributed by atoms with Gasteiger partial charge in [-0.15, -0.1) is 23.2 Å². The number of carbonyl (C=O) groups is 1. The van der Waals surface area contributed by atoms with Crippen molar-refractivity contribution in [2.75, 3.05) is 6.54 Å². The standard InChI is InChI=1S/C7H10Cl2N2O/c1-7(2,4-10)6(12)11-3-5(8)9/h5H,3H2,1-2H3,(H,11,12). The summed E-state index contributed by atoms with van der Waals surface area (Å²) in [7, 11) is 0. The number of nitrogens with zero attached hydrogens (tertiary/aromatic N) is 1. The second-order valence-electron chi connectivity index (χ2n) is 2.84. The number of rotatable bonds is 3. The first-order valence-electron chi connectivity index (χ1n) is 3.38. The fourth-order valence-electron chi connectivity index (χ4n) is 0.442. The molecule has 68 valence electrons. The lowest BCUT2D eigenvalue weighted by molar-refractivity contribution is -0.126. The summed E-state index contributed by atoms with van der Waals surface area (Å²) in [5.74, 6) is -0.365. The van der Waals surface area contributed by atoms with Gasteiger partial charge in [0.15, 0.2) is 0 Å². The highest BCUT2D eigenvalue weighted by Crippen LogP contribution is 2.12. The second-order valence-corrected chi connectivity index (χ2v) is 4.11. The van der Waals surface area contributed by atoms with E-state index in [9.17, 15) is 4.79 Å². The van der Waals surface area contributed by atoms with Crippen molar-refractivity contribution in [1.29, 1.82) is 5.26 Å². The third-order valence-corrected chi connectivity index (χ3v) is 1.57. The summed E-state index contributed by atoms with van der Waals surface area (Å²) in [6.45, 7) is 3.21. The lowest BCUT2D eigenvalue weighted by atomic mass is 9.95. The Morgan fingerprint density at radius 1 is 1.67 bits per heavy atom. The predicted octanol–water partition coefficient (Wildman–Crippen LogP) is 1.46. The average molecular weight is 209 g/mol. The Morgan fingerprint density at radius 2 is 2.17 bits per heavy atom. The molecule has 5 heteroatoms. The highest BCUT2D eigenvalue weighted by atomic mass is 35.5. The summed E-state index contributed by atoms with van der Waals surface area (Å²) in [6.07, 6.45) is 0. The first-order valence-corrected chi connectivity index (χ1v) is 4.25. The molecular weight excluding hydrogens is 199 g/mol. The zero-order valence-corrected chi connectivity index (χ0v) is 8.41. The second kappa shape index (κ2) is 4.54. The smallest absolute Gasteiger partial charge is 0.239 e. The summed E-state index contributed by atoms with van der Waals surface area (Å²) in [6, 6.07) is 1.87. The van der Waals surface area contributed by atoms with E-state index in [2.05, 4.69) is 5.32 Å². The van der Waals surface area contributed by atoms with Crippen molar-refractivity contribution in [1.82, 2.24) is 5.32 Å². The van der Waals surface area contributed by atoms with Crippen molar-refractivity contribution >= 4 is 29.1 Å². The van der Waals surface area contributed by atoms with Crippen LogP contribution in [0.1, 0.15) is 13.8 Å². The van der Waals surface area contributed by atoms with Gasteiger partial charge in [0.05, 0.1) is 6.07 Å². The third kappa shape index (κ3) is 3.80. The van der Waals surface area contributed by atoms with Crippen LogP contribution in [-0.4, -0.2) is 17.3 Å². The van der Waals surface area contributed by atoms with Gasteiger partial charge in [-0.1, -0.05) is 0 Å². The SMILES string of the molecule is CC(C)(C#N)C(=O)NCC(Cl)Cl. The highest BCUT2D eigenvalue weighted by Gasteiger charge is 2.26. The normalized spacial score (nSPS) is 11.0. The topological polar surface area (TPSA) is 52.9 Å². The summed E-state index contributed by atoms with van der Waals surface area (Å²) >= 11 is 10.8. The molecule has 0 fully saturated rings. The van der Waals surface area contributed by atoms with E-state index in [1.54, 1.807) is 0 Å². The molecule has 0 unspecified atom stereocenters.